The van der Waals surface area contributed by atoms with Gasteiger partial charge in [-0.1, -0.05) is 0 Å². The van der Waals surface area contributed by atoms with Crippen molar-refractivity contribution in [1.82, 2.24) is 0 Å². The molecule has 0 atom stereocenters. The largest absolute Gasteiger partial charge is 0.496 e. The molecule has 0 radical (unpaired) electrons. The van der Waals surface area contributed by atoms with Crippen LogP contribution in [-0.2, 0) is 0 Å². The van der Waals surface area contributed by atoms with E-state index in [0.29, 0.717) is 11.3 Å². The Morgan fingerprint density at radius 2 is 2.15 bits per heavy atom. The molecule has 4 heteroatoms. The van der Waals surface area contributed by atoms with E-state index in [1.807, 2.05) is 0 Å². The van der Waals surface area contributed by atoms with Crippen LogP contribution in [0.2, 0.25) is 0 Å². The lowest BCUT2D eigenvalue weighted by Gasteiger charge is -2.07. The lowest BCUT2D eigenvalue weighted by Crippen LogP contribution is -2.14. The quantitative estimate of drug-likeness (QED) is 0.750. The molecule has 0 aromatic heterocycles. The average Bonchev–Trinajstić information content (AvgIpc) is 2.09. The minimum atomic E-state index is -0.775. The minimum absolute atomic E-state index is 0.113. The zero-order valence-electron chi connectivity index (χ0n) is 7.43. The smallest absolute Gasteiger partial charge is 0.251 e. The van der Waals surface area contributed by atoms with Gasteiger partial charge in [0.2, 0.25) is 0 Å². The molecule has 3 nitrogen and oxygen atoms in total. The zero-order chi connectivity index (χ0) is 10.0. The Balaban J connectivity index is 3.31. The first-order valence-electron chi connectivity index (χ1n) is 3.70. The number of benzene rings is 1. The Bertz CT molecular complexity index is 350. The van der Waals surface area contributed by atoms with E-state index in [2.05, 4.69) is 0 Å². The fraction of sp³-hybridized carbons (Fsp3) is 0.222. The summed E-state index contributed by atoms with van der Waals surface area (Å²) in [7, 11) is 1.44. The Labute approximate surface area is 75.3 Å². The van der Waals surface area contributed by atoms with Crippen LogP contribution in [0.5, 0.6) is 5.75 Å². The normalized spacial score (nSPS) is 9.77. The van der Waals surface area contributed by atoms with Gasteiger partial charge in [0.1, 0.15) is 11.6 Å². The van der Waals surface area contributed by atoms with Crippen molar-refractivity contribution in [3.05, 3.63) is 29.1 Å². The van der Waals surface area contributed by atoms with Crippen LogP contribution in [0.3, 0.4) is 0 Å². The molecule has 0 fully saturated rings. The maximum Gasteiger partial charge on any atom is 0.251 e. The molecule has 2 N–H and O–H groups in total. The van der Waals surface area contributed by atoms with Crippen molar-refractivity contribution in [2.75, 3.05) is 7.11 Å². The SMILES string of the molecule is COc1ccc(C(N)=O)c(F)c1C. The van der Waals surface area contributed by atoms with Gasteiger partial charge in [-0.15, -0.1) is 0 Å². The van der Waals surface area contributed by atoms with Gasteiger partial charge in [-0.3, -0.25) is 4.79 Å². The fourth-order valence-corrected chi connectivity index (χ4v) is 1.08. The highest BCUT2D eigenvalue weighted by Crippen LogP contribution is 2.22. The fourth-order valence-electron chi connectivity index (χ4n) is 1.08. The molecule has 0 aliphatic heterocycles. The average molecular weight is 183 g/mol. The molecule has 1 rings (SSSR count). The third-order valence-electron chi connectivity index (χ3n) is 1.82. The number of hydrogen-bond donors (Lipinski definition) is 1. The van der Waals surface area contributed by atoms with Gasteiger partial charge >= 0.3 is 0 Å². The third-order valence-corrected chi connectivity index (χ3v) is 1.82. The number of amides is 1. The number of hydrogen-bond acceptors (Lipinski definition) is 2. The van der Waals surface area contributed by atoms with Crippen molar-refractivity contribution in [2.24, 2.45) is 5.73 Å². The van der Waals surface area contributed by atoms with Crippen LogP contribution in [-0.4, -0.2) is 13.0 Å². The van der Waals surface area contributed by atoms with Crippen molar-refractivity contribution >= 4 is 5.91 Å². The van der Waals surface area contributed by atoms with Crippen molar-refractivity contribution in [2.45, 2.75) is 6.92 Å². The van der Waals surface area contributed by atoms with Gasteiger partial charge < -0.3 is 10.5 Å². The van der Waals surface area contributed by atoms with Gasteiger partial charge in [0.15, 0.2) is 0 Å². The molecule has 0 bridgehead atoms. The van der Waals surface area contributed by atoms with E-state index in [1.165, 1.54) is 26.2 Å². The second kappa shape index (κ2) is 3.43. The second-order valence-electron chi connectivity index (χ2n) is 2.62. The summed E-state index contributed by atoms with van der Waals surface area (Å²) >= 11 is 0. The number of rotatable bonds is 2. The molecule has 0 aliphatic rings. The Morgan fingerprint density at radius 1 is 1.54 bits per heavy atom. The summed E-state index contributed by atoms with van der Waals surface area (Å²) in [5, 5.41) is 0. The summed E-state index contributed by atoms with van der Waals surface area (Å²) in [5.41, 5.74) is 5.13. The lowest BCUT2D eigenvalue weighted by molar-refractivity contribution is 0.0996. The highest BCUT2D eigenvalue weighted by molar-refractivity contribution is 5.93. The number of primary amides is 1. The topological polar surface area (TPSA) is 52.3 Å². The van der Waals surface area contributed by atoms with Gasteiger partial charge in [-0.25, -0.2) is 4.39 Å². The van der Waals surface area contributed by atoms with Crippen molar-refractivity contribution < 1.29 is 13.9 Å². The van der Waals surface area contributed by atoms with E-state index in [-0.39, 0.29) is 5.56 Å². The molecule has 13 heavy (non-hydrogen) atoms. The zero-order valence-corrected chi connectivity index (χ0v) is 7.43. The predicted octanol–water partition coefficient (Wildman–Crippen LogP) is 1.24. The van der Waals surface area contributed by atoms with Crippen LogP contribution in [0, 0.1) is 12.7 Å². The number of nitrogens with two attached hydrogens (primary N) is 1. The van der Waals surface area contributed by atoms with Crippen LogP contribution >= 0.6 is 0 Å². The molecular weight excluding hydrogens is 173 g/mol. The molecule has 0 saturated heterocycles. The predicted molar refractivity (Wildman–Crippen MR) is 46.2 cm³/mol. The third kappa shape index (κ3) is 1.61. The van der Waals surface area contributed by atoms with Crippen molar-refractivity contribution in [3.8, 4) is 5.75 Å². The van der Waals surface area contributed by atoms with E-state index >= 15 is 0 Å². The highest BCUT2D eigenvalue weighted by atomic mass is 19.1. The molecule has 0 spiro atoms. The van der Waals surface area contributed by atoms with E-state index in [9.17, 15) is 9.18 Å². The van der Waals surface area contributed by atoms with Crippen LogP contribution in [0.15, 0.2) is 12.1 Å². The van der Waals surface area contributed by atoms with E-state index in [0.717, 1.165) is 0 Å². The molecule has 70 valence electrons. The number of ether oxygens (including phenoxy) is 1. The summed E-state index contributed by atoms with van der Waals surface area (Å²) in [6.07, 6.45) is 0. The van der Waals surface area contributed by atoms with Crippen LogP contribution in [0.25, 0.3) is 0 Å². The number of carbonyl (C=O) groups excluding carboxylic acids is 1. The highest BCUT2D eigenvalue weighted by Gasteiger charge is 2.13. The van der Waals surface area contributed by atoms with E-state index in [1.54, 1.807) is 0 Å². The van der Waals surface area contributed by atoms with Gasteiger partial charge in [-0.05, 0) is 19.1 Å². The molecule has 0 saturated carbocycles. The van der Waals surface area contributed by atoms with Crippen molar-refractivity contribution in [3.63, 3.8) is 0 Å². The maximum atomic E-state index is 13.3. The molecule has 0 heterocycles. The van der Waals surface area contributed by atoms with Crippen LogP contribution < -0.4 is 10.5 Å². The summed E-state index contributed by atoms with van der Waals surface area (Å²) < 4.78 is 18.2. The molecule has 1 aromatic carbocycles. The Kier molecular flexibility index (Phi) is 2.51. The monoisotopic (exact) mass is 183 g/mol. The number of methoxy groups -OCH3 is 1. The second-order valence-corrected chi connectivity index (χ2v) is 2.62. The standard InChI is InChI=1S/C9H10FNO2/c1-5-7(13-2)4-3-6(8(5)10)9(11)12/h3-4H,1-2H3,(H2,11,12). The first kappa shape index (κ1) is 9.51. The Morgan fingerprint density at radius 3 is 2.62 bits per heavy atom. The van der Waals surface area contributed by atoms with Gasteiger partial charge in [0, 0.05) is 5.56 Å². The number of halogens is 1. The lowest BCUT2D eigenvalue weighted by atomic mass is 10.1. The van der Waals surface area contributed by atoms with E-state index < -0.39 is 11.7 Å². The molecule has 0 aliphatic carbocycles. The first-order valence-corrected chi connectivity index (χ1v) is 3.70. The molecule has 1 aromatic rings. The Hall–Kier alpha value is -1.58. The van der Waals surface area contributed by atoms with Crippen LogP contribution in [0.4, 0.5) is 4.39 Å². The summed E-state index contributed by atoms with van der Waals surface area (Å²) in [4.78, 5) is 10.7. The summed E-state index contributed by atoms with van der Waals surface area (Å²) in [6, 6.07) is 2.82. The van der Waals surface area contributed by atoms with Crippen LogP contribution in [0.1, 0.15) is 15.9 Å². The van der Waals surface area contributed by atoms with Gasteiger partial charge in [0.05, 0.1) is 12.7 Å². The molecular formula is C9H10FNO2. The molecule has 1 amide bonds. The van der Waals surface area contributed by atoms with E-state index in [4.69, 9.17) is 10.5 Å². The minimum Gasteiger partial charge on any atom is -0.496 e. The van der Waals surface area contributed by atoms with Gasteiger partial charge in [-0.2, -0.15) is 0 Å². The summed E-state index contributed by atoms with van der Waals surface area (Å²) in [5.74, 6) is -0.988. The number of carbonyl (C=O) groups is 1. The molecule has 0 unspecified atom stereocenters. The van der Waals surface area contributed by atoms with Gasteiger partial charge in [0.25, 0.3) is 5.91 Å². The summed E-state index contributed by atoms with van der Waals surface area (Å²) in [6.45, 7) is 1.53. The maximum absolute atomic E-state index is 13.3. The first-order chi connectivity index (χ1) is 6.07. The van der Waals surface area contributed by atoms with Crippen molar-refractivity contribution in [1.29, 1.82) is 0 Å².